The van der Waals surface area contributed by atoms with Gasteiger partial charge in [0.2, 0.25) is 0 Å². The van der Waals surface area contributed by atoms with E-state index in [9.17, 15) is 0 Å². The quantitative estimate of drug-likeness (QED) is 0.180. The Morgan fingerprint density at radius 3 is 1.72 bits per heavy atom. The van der Waals surface area contributed by atoms with E-state index in [4.69, 9.17) is 0 Å². The number of anilines is 3. The van der Waals surface area contributed by atoms with Crippen molar-refractivity contribution < 1.29 is 0 Å². The van der Waals surface area contributed by atoms with E-state index < -0.39 is 0 Å². The Bertz CT molecular complexity index is 2420. The summed E-state index contributed by atoms with van der Waals surface area (Å²) >= 11 is 0. The lowest BCUT2D eigenvalue weighted by molar-refractivity contribution is 0.660. The van der Waals surface area contributed by atoms with Crippen LogP contribution in [-0.2, 0) is 10.8 Å². The van der Waals surface area contributed by atoms with E-state index in [2.05, 4.69) is 197 Å². The van der Waals surface area contributed by atoms with Crippen LogP contribution in [0, 0.1) is 13.8 Å². The van der Waals surface area contributed by atoms with Crippen molar-refractivity contribution >= 4 is 17.1 Å². The molecule has 0 aromatic heterocycles. The maximum absolute atomic E-state index is 2.54. The molecule has 242 valence electrons. The highest BCUT2D eigenvalue weighted by Crippen LogP contribution is 2.59. The van der Waals surface area contributed by atoms with E-state index in [1.807, 2.05) is 0 Å². The van der Waals surface area contributed by atoms with Crippen molar-refractivity contribution in [2.75, 3.05) is 4.90 Å². The van der Waals surface area contributed by atoms with Gasteiger partial charge in [-0.3, -0.25) is 0 Å². The van der Waals surface area contributed by atoms with Crippen LogP contribution in [0.1, 0.15) is 59.7 Å². The lowest BCUT2D eigenvalue weighted by Crippen LogP contribution is -2.23. The van der Waals surface area contributed by atoms with Gasteiger partial charge in [-0.05, 0) is 112 Å². The highest BCUT2D eigenvalue weighted by Gasteiger charge is 2.44. The minimum absolute atomic E-state index is 0.104. The lowest BCUT2D eigenvalue weighted by Gasteiger charge is -2.33. The molecule has 1 atom stereocenters. The van der Waals surface area contributed by atoms with Crippen molar-refractivity contribution in [3.8, 4) is 33.4 Å². The molecule has 1 nitrogen and oxygen atoms in total. The van der Waals surface area contributed by atoms with E-state index in [1.54, 1.807) is 0 Å². The molecule has 1 heteroatoms. The van der Waals surface area contributed by atoms with E-state index in [-0.39, 0.29) is 10.8 Å². The summed E-state index contributed by atoms with van der Waals surface area (Å²) in [5.41, 5.74) is 20.4. The normalized spacial score (nSPS) is 16.3. The Kier molecular flexibility index (Phi) is 6.80. The van der Waals surface area contributed by atoms with E-state index >= 15 is 0 Å². The van der Waals surface area contributed by atoms with Gasteiger partial charge in [-0.25, -0.2) is 0 Å². The summed E-state index contributed by atoms with van der Waals surface area (Å²) in [6.45, 7) is 11.8. The van der Waals surface area contributed by atoms with E-state index in [0.717, 1.165) is 5.69 Å². The zero-order valence-corrected chi connectivity index (χ0v) is 29.5. The Labute approximate surface area is 296 Å². The average Bonchev–Trinajstić information content (AvgIpc) is 3.55. The molecule has 0 spiro atoms. The average molecular weight is 644 g/mol. The van der Waals surface area contributed by atoms with Gasteiger partial charge in [-0.15, -0.1) is 0 Å². The number of nitrogens with zero attached hydrogens (tertiary/aromatic N) is 1. The number of hydrogen-bond donors (Lipinski definition) is 0. The van der Waals surface area contributed by atoms with Crippen LogP contribution in [0.2, 0.25) is 0 Å². The topological polar surface area (TPSA) is 3.24 Å². The van der Waals surface area contributed by atoms with Crippen LogP contribution in [0.4, 0.5) is 17.1 Å². The first-order chi connectivity index (χ1) is 24.3. The van der Waals surface area contributed by atoms with Gasteiger partial charge in [0.25, 0.3) is 0 Å². The summed E-state index contributed by atoms with van der Waals surface area (Å²) in [5.74, 6) is 0. The number of aryl methyl sites for hydroxylation is 1. The summed E-state index contributed by atoms with van der Waals surface area (Å²) in [4.78, 5) is 2.54. The molecule has 0 amide bonds. The zero-order valence-electron chi connectivity index (χ0n) is 29.5. The van der Waals surface area contributed by atoms with Gasteiger partial charge >= 0.3 is 0 Å². The minimum Gasteiger partial charge on any atom is -0.310 e. The first kappa shape index (κ1) is 30.4. The van der Waals surface area contributed by atoms with Crippen LogP contribution in [0.3, 0.4) is 0 Å². The molecule has 2 aliphatic carbocycles. The van der Waals surface area contributed by atoms with Gasteiger partial charge in [0.15, 0.2) is 0 Å². The smallest absolute Gasteiger partial charge is 0.0575 e. The molecule has 0 saturated carbocycles. The fourth-order valence-electron chi connectivity index (χ4n) is 8.88. The van der Waals surface area contributed by atoms with Crippen molar-refractivity contribution in [3.05, 3.63) is 197 Å². The van der Waals surface area contributed by atoms with Crippen LogP contribution in [0.25, 0.3) is 33.4 Å². The number of benzene rings is 7. The molecule has 0 fully saturated rings. The molecule has 0 saturated heterocycles. The van der Waals surface area contributed by atoms with Crippen LogP contribution >= 0.6 is 0 Å². The Morgan fingerprint density at radius 1 is 0.440 bits per heavy atom. The zero-order chi connectivity index (χ0) is 34.2. The summed E-state index contributed by atoms with van der Waals surface area (Å²) in [5, 5.41) is 0. The number of rotatable bonds is 5. The summed E-state index contributed by atoms with van der Waals surface area (Å²) < 4.78 is 0. The fraction of sp³-hybridized carbons (Fsp3) is 0.143. The molecule has 2 aliphatic rings. The summed E-state index contributed by atoms with van der Waals surface area (Å²) in [6.07, 6.45) is 0. The van der Waals surface area contributed by atoms with E-state index in [0.29, 0.717) is 0 Å². The Morgan fingerprint density at radius 2 is 1.00 bits per heavy atom. The molecule has 7 aromatic rings. The molecule has 0 N–H and O–H groups in total. The maximum atomic E-state index is 2.54. The van der Waals surface area contributed by atoms with Crippen LogP contribution in [0.5, 0.6) is 0 Å². The monoisotopic (exact) mass is 643 g/mol. The molecule has 0 radical (unpaired) electrons. The SMILES string of the molecule is Cc1cc2c(c(N(c3ccc(-c4ccccc4)cc3)c3ccc4c(c3)C(C)(C)c3ccccc3-4)c1C)-c1ccccc1C2(C)c1ccccc1. The first-order valence-corrected chi connectivity index (χ1v) is 17.8. The maximum Gasteiger partial charge on any atom is 0.0575 e. The summed E-state index contributed by atoms with van der Waals surface area (Å²) in [7, 11) is 0. The van der Waals surface area contributed by atoms with Crippen LogP contribution < -0.4 is 4.90 Å². The fourth-order valence-corrected chi connectivity index (χ4v) is 8.88. The molecule has 1 unspecified atom stereocenters. The van der Waals surface area contributed by atoms with Crippen LogP contribution in [-0.4, -0.2) is 0 Å². The molecule has 9 rings (SSSR count). The van der Waals surface area contributed by atoms with Gasteiger partial charge in [-0.1, -0.05) is 147 Å². The lowest BCUT2D eigenvalue weighted by atomic mass is 9.73. The van der Waals surface area contributed by atoms with Gasteiger partial charge in [0.1, 0.15) is 0 Å². The van der Waals surface area contributed by atoms with Crippen LogP contribution in [0.15, 0.2) is 158 Å². The highest BCUT2D eigenvalue weighted by molar-refractivity contribution is 5.98. The van der Waals surface area contributed by atoms with Gasteiger partial charge in [-0.2, -0.15) is 0 Å². The summed E-state index contributed by atoms with van der Waals surface area (Å²) in [6, 6.07) is 58.5. The third-order valence-electron chi connectivity index (χ3n) is 11.7. The first-order valence-electron chi connectivity index (χ1n) is 17.8. The molecule has 50 heavy (non-hydrogen) atoms. The third kappa shape index (κ3) is 4.33. The molecule has 7 aromatic carbocycles. The van der Waals surface area contributed by atoms with Crippen molar-refractivity contribution in [1.82, 2.24) is 0 Å². The minimum atomic E-state index is -0.287. The van der Waals surface area contributed by atoms with E-state index in [1.165, 1.54) is 83.7 Å². The predicted molar refractivity (Wildman–Crippen MR) is 211 cm³/mol. The van der Waals surface area contributed by atoms with Crippen molar-refractivity contribution in [1.29, 1.82) is 0 Å². The number of hydrogen-bond acceptors (Lipinski definition) is 1. The second kappa shape index (κ2) is 11.2. The predicted octanol–water partition coefficient (Wildman–Crippen LogP) is 13.1. The second-order valence-electron chi connectivity index (χ2n) is 14.8. The molecule has 0 bridgehead atoms. The standard InChI is InChI=1S/C49H41N/c1-32-30-45-46(41-21-13-15-23-43(41)49(45,5)36-18-10-7-11-19-36)47(33(32)2)50(37-26-24-35(25-27-37)34-16-8-6-9-17-34)38-28-29-40-39-20-12-14-22-42(39)48(3,4)44(40)31-38/h6-31H,1-5H3. The molecular formula is C49H41N. The Balaban J connectivity index is 1.33. The third-order valence-corrected chi connectivity index (χ3v) is 11.7. The largest absolute Gasteiger partial charge is 0.310 e. The van der Waals surface area contributed by atoms with Crippen molar-refractivity contribution in [3.63, 3.8) is 0 Å². The number of fused-ring (bicyclic) bond motifs is 6. The molecular weight excluding hydrogens is 603 g/mol. The molecule has 0 aliphatic heterocycles. The second-order valence-corrected chi connectivity index (χ2v) is 14.8. The van der Waals surface area contributed by atoms with Crippen molar-refractivity contribution in [2.24, 2.45) is 0 Å². The van der Waals surface area contributed by atoms with Gasteiger partial charge < -0.3 is 4.90 Å². The Hall–Kier alpha value is -5.66. The van der Waals surface area contributed by atoms with Gasteiger partial charge in [0.05, 0.1) is 5.69 Å². The van der Waals surface area contributed by atoms with Gasteiger partial charge in [0, 0.05) is 27.8 Å². The highest BCUT2D eigenvalue weighted by atomic mass is 15.1. The molecule has 0 heterocycles. The van der Waals surface area contributed by atoms with Crippen molar-refractivity contribution in [2.45, 2.75) is 45.4 Å².